The summed E-state index contributed by atoms with van der Waals surface area (Å²) in [5.74, 6) is 0.879. The largest absolute Gasteiger partial charge is 0.487 e. The van der Waals surface area contributed by atoms with Gasteiger partial charge in [0, 0.05) is 13.0 Å². The number of hydrogen-bond donors (Lipinski definition) is 2. The smallest absolute Gasteiger partial charge is 0.222 e. The fraction of sp³-hybridized carbons (Fsp3) is 0.455. The van der Waals surface area contributed by atoms with Crippen LogP contribution in [0.2, 0.25) is 0 Å². The molecule has 0 radical (unpaired) electrons. The van der Waals surface area contributed by atoms with Crippen LogP contribution in [0.4, 0.5) is 11.5 Å². The second-order valence-electron chi connectivity index (χ2n) is 3.96. The number of hydrogen-bond acceptors (Lipinski definition) is 4. The van der Waals surface area contributed by atoms with Crippen LogP contribution in [0.25, 0.3) is 0 Å². The van der Waals surface area contributed by atoms with E-state index in [1.807, 2.05) is 0 Å². The maximum absolute atomic E-state index is 10.8. The van der Waals surface area contributed by atoms with E-state index in [1.54, 1.807) is 12.3 Å². The van der Waals surface area contributed by atoms with Crippen LogP contribution in [0.5, 0.6) is 5.75 Å². The number of nitrogens with zero attached hydrogens (tertiary/aromatic N) is 1. The highest BCUT2D eigenvalue weighted by Gasteiger charge is 2.20. The van der Waals surface area contributed by atoms with Gasteiger partial charge in [0.25, 0.3) is 0 Å². The summed E-state index contributed by atoms with van der Waals surface area (Å²) in [5, 5.41) is 2.57. The van der Waals surface area contributed by atoms with Gasteiger partial charge in [0.15, 0.2) is 5.75 Å². The number of rotatable bonds is 3. The molecular formula is C11H15N3O2. The molecule has 1 amide bonds. The van der Waals surface area contributed by atoms with Gasteiger partial charge in [-0.2, -0.15) is 0 Å². The molecule has 1 aliphatic carbocycles. The molecule has 1 saturated carbocycles. The third-order valence-electron chi connectivity index (χ3n) is 2.55. The first-order valence-corrected chi connectivity index (χ1v) is 5.35. The highest BCUT2D eigenvalue weighted by Crippen LogP contribution is 2.29. The lowest BCUT2D eigenvalue weighted by Crippen LogP contribution is -2.25. The van der Waals surface area contributed by atoms with Crippen LogP contribution >= 0.6 is 0 Å². The molecule has 0 unspecified atom stereocenters. The molecule has 16 heavy (non-hydrogen) atoms. The standard InChI is InChI=1S/C11H15N3O2/c1-7(15)14-11-5-9(12)10(6-13-11)16-8-3-2-4-8/h5-6,8H,2-4H2,1H3,(H3,12,13,14,15). The molecule has 0 bridgehead atoms. The first-order valence-electron chi connectivity index (χ1n) is 5.35. The predicted octanol–water partition coefficient (Wildman–Crippen LogP) is 1.55. The summed E-state index contributed by atoms with van der Waals surface area (Å²) in [6.45, 7) is 1.43. The Bertz CT molecular complexity index is 402. The molecule has 5 heteroatoms. The molecular weight excluding hydrogens is 206 g/mol. The van der Waals surface area contributed by atoms with Gasteiger partial charge in [-0.15, -0.1) is 0 Å². The molecule has 3 N–H and O–H groups in total. The Balaban J connectivity index is 2.06. The molecule has 1 aromatic heterocycles. The zero-order valence-corrected chi connectivity index (χ0v) is 9.19. The lowest BCUT2D eigenvalue weighted by Gasteiger charge is -2.26. The quantitative estimate of drug-likeness (QED) is 0.811. The number of nitrogen functional groups attached to an aromatic ring is 1. The highest BCUT2D eigenvalue weighted by atomic mass is 16.5. The van der Waals surface area contributed by atoms with Crippen molar-refractivity contribution in [2.75, 3.05) is 11.1 Å². The van der Waals surface area contributed by atoms with Crippen LogP contribution in [-0.4, -0.2) is 17.0 Å². The topological polar surface area (TPSA) is 77.2 Å². The van der Waals surface area contributed by atoms with Crippen molar-refractivity contribution in [1.82, 2.24) is 4.98 Å². The maximum atomic E-state index is 10.8. The highest BCUT2D eigenvalue weighted by molar-refractivity contribution is 5.88. The third kappa shape index (κ3) is 2.42. The van der Waals surface area contributed by atoms with Gasteiger partial charge in [0.05, 0.1) is 18.0 Å². The van der Waals surface area contributed by atoms with Crippen molar-refractivity contribution in [2.45, 2.75) is 32.3 Å². The molecule has 0 aromatic carbocycles. The summed E-state index contributed by atoms with van der Waals surface area (Å²) in [7, 11) is 0. The van der Waals surface area contributed by atoms with E-state index in [4.69, 9.17) is 10.5 Å². The van der Waals surface area contributed by atoms with Crippen molar-refractivity contribution in [3.05, 3.63) is 12.3 Å². The Kier molecular flexibility index (Phi) is 2.94. The Morgan fingerprint density at radius 1 is 1.62 bits per heavy atom. The zero-order valence-electron chi connectivity index (χ0n) is 9.19. The summed E-state index contributed by atoms with van der Waals surface area (Å²) in [6, 6.07) is 1.61. The number of aromatic nitrogens is 1. The fourth-order valence-corrected chi connectivity index (χ4v) is 1.47. The number of ether oxygens (including phenoxy) is 1. The molecule has 5 nitrogen and oxygen atoms in total. The number of anilines is 2. The summed E-state index contributed by atoms with van der Waals surface area (Å²) < 4.78 is 5.64. The van der Waals surface area contributed by atoms with Gasteiger partial charge in [0.1, 0.15) is 5.82 Å². The van der Waals surface area contributed by atoms with Crippen molar-refractivity contribution in [3.63, 3.8) is 0 Å². The van der Waals surface area contributed by atoms with Gasteiger partial charge in [0.2, 0.25) is 5.91 Å². The Labute approximate surface area is 94.0 Å². The van der Waals surface area contributed by atoms with E-state index in [-0.39, 0.29) is 12.0 Å². The number of carbonyl (C=O) groups excluding carboxylic acids is 1. The van der Waals surface area contributed by atoms with Gasteiger partial charge in [-0.05, 0) is 19.3 Å². The predicted molar refractivity (Wildman–Crippen MR) is 61.2 cm³/mol. The molecule has 1 fully saturated rings. The lowest BCUT2D eigenvalue weighted by molar-refractivity contribution is -0.114. The van der Waals surface area contributed by atoms with Crippen molar-refractivity contribution >= 4 is 17.4 Å². The minimum absolute atomic E-state index is 0.167. The molecule has 0 spiro atoms. The van der Waals surface area contributed by atoms with Gasteiger partial charge in [-0.1, -0.05) is 0 Å². The van der Waals surface area contributed by atoms with Crippen LogP contribution in [0.1, 0.15) is 26.2 Å². The van der Waals surface area contributed by atoms with Gasteiger partial charge in [-0.25, -0.2) is 4.98 Å². The molecule has 1 heterocycles. The first kappa shape index (κ1) is 10.7. The molecule has 0 atom stereocenters. The van der Waals surface area contributed by atoms with Crippen LogP contribution in [0.15, 0.2) is 12.3 Å². The molecule has 86 valence electrons. The average molecular weight is 221 g/mol. The molecule has 0 aliphatic heterocycles. The van der Waals surface area contributed by atoms with E-state index < -0.39 is 0 Å². The Hall–Kier alpha value is -1.78. The average Bonchev–Trinajstić information content (AvgIpc) is 2.12. The molecule has 2 rings (SSSR count). The van der Waals surface area contributed by atoms with Crippen molar-refractivity contribution in [1.29, 1.82) is 0 Å². The third-order valence-corrected chi connectivity index (χ3v) is 2.55. The number of carbonyl (C=O) groups is 1. The van der Waals surface area contributed by atoms with Crippen molar-refractivity contribution < 1.29 is 9.53 Å². The lowest BCUT2D eigenvalue weighted by atomic mass is 9.96. The van der Waals surface area contributed by atoms with Crippen LogP contribution in [0.3, 0.4) is 0 Å². The Morgan fingerprint density at radius 2 is 2.38 bits per heavy atom. The number of nitrogens with one attached hydrogen (secondary N) is 1. The van der Waals surface area contributed by atoms with Crippen LogP contribution in [0, 0.1) is 0 Å². The normalized spacial score (nSPS) is 15.3. The van der Waals surface area contributed by atoms with E-state index in [9.17, 15) is 4.79 Å². The van der Waals surface area contributed by atoms with E-state index in [2.05, 4.69) is 10.3 Å². The monoisotopic (exact) mass is 221 g/mol. The van der Waals surface area contributed by atoms with E-state index in [0.29, 0.717) is 17.3 Å². The minimum Gasteiger partial charge on any atom is -0.487 e. The van der Waals surface area contributed by atoms with E-state index in [0.717, 1.165) is 12.8 Å². The van der Waals surface area contributed by atoms with Gasteiger partial charge < -0.3 is 15.8 Å². The summed E-state index contributed by atoms with van der Waals surface area (Å²) in [6.07, 6.45) is 5.19. The Morgan fingerprint density at radius 3 is 2.88 bits per heavy atom. The second kappa shape index (κ2) is 4.38. The molecule has 1 aromatic rings. The number of pyridine rings is 1. The van der Waals surface area contributed by atoms with E-state index >= 15 is 0 Å². The van der Waals surface area contributed by atoms with Crippen molar-refractivity contribution in [2.24, 2.45) is 0 Å². The van der Waals surface area contributed by atoms with Crippen LogP contribution < -0.4 is 15.8 Å². The first-order chi connectivity index (χ1) is 7.65. The van der Waals surface area contributed by atoms with E-state index in [1.165, 1.54) is 13.3 Å². The van der Waals surface area contributed by atoms with Gasteiger partial charge in [-0.3, -0.25) is 4.79 Å². The van der Waals surface area contributed by atoms with Crippen molar-refractivity contribution in [3.8, 4) is 5.75 Å². The summed E-state index contributed by atoms with van der Waals surface area (Å²) in [4.78, 5) is 14.9. The minimum atomic E-state index is -0.167. The summed E-state index contributed by atoms with van der Waals surface area (Å²) in [5.41, 5.74) is 6.31. The molecule has 0 saturated heterocycles. The fourth-order valence-electron chi connectivity index (χ4n) is 1.47. The summed E-state index contributed by atoms with van der Waals surface area (Å²) >= 11 is 0. The second-order valence-corrected chi connectivity index (χ2v) is 3.96. The number of amides is 1. The van der Waals surface area contributed by atoms with Gasteiger partial charge >= 0.3 is 0 Å². The zero-order chi connectivity index (χ0) is 11.5. The van der Waals surface area contributed by atoms with Crippen LogP contribution in [-0.2, 0) is 4.79 Å². The maximum Gasteiger partial charge on any atom is 0.222 e. The SMILES string of the molecule is CC(=O)Nc1cc(N)c(OC2CCC2)cn1. The molecule has 1 aliphatic rings. The number of nitrogens with two attached hydrogens (primary N) is 1.